The molecule has 0 radical (unpaired) electrons. The highest BCUT2D eigenvalue weighted by atomic mass is 16.6. The molecule has 5 heteroatoms. The Kier molecular flexibility index (Phi) is 7.48. The Morgan fingerprint density at radius 3 is 2.05 bits per heavy atom. The Balaban J connectivity index is 2.38. The van der Waals surface area contributed by atoms with Gasteiger partial charge in [0.25, 0.3) is 6.10 Å². The molecule has 0 aromatic heterocycles. The van der Waals surface area contributed by atoms with Crippen LogP contribution >= 0.6 is 0 Å². The van der Waals surface area contributed by atoms with Gasteiger partial charge in [0.15, 0.2) is 0 Å². The molecule has 1 aliphatic rings. The maximum absolute atomic E-state index is 11.6. The van der Waals surface area contributed by atoms with E-state index < -0.39 is 18.0 Å². The summed E-state index contributed by atoms with van der Waals surface area (Å²) < 4.78 is 15.0. The van der Waals surface area contributed by atoms with Gasteiger partial charge in [0.2, 0.25) is 0 Å². The molecule has 19 heavy (non-hydrogen) atoms. The zero-order chi connectivity index (χ0) is 14.1. The van der Waals surface area contributed by atoms with Crippen LogP contribution < -0.4 is 0 Å². The average molecular weight is 272 g/mol. The van der Waals surface area contributed by atoms with Gasteiger partial charge in [-0.15, -0.1) is 0 Å². The van der Waals surface area contributed by atoms with Crippen molar-refractivity contribution >= 4 is 11.9 Å². The van der Waals surface area contributed by atoms with Gasteiger partial charge in [0.05, 0.1) is 13.2 Å². The van der Waals surface area contributed by atoms with Crippen LogP contribution in [-0.2, 0) is 23.8 Å². The first-order chi connectivity index (χ1) is 9.19. The Morgan fingerprint density at radius 1 is 1.05 bits per heavy atom. The molecule has 1 aliphatic carbocycles. The SMILES string of the molecule is CCOC(=O)C(OCCC1CCCC1)C(=O)OCC. The Bertz CT molecular complexity index is 266. The molecule has 1 rings (SSSR count). The molecule has 1 saturated carbocycles. The summed E-state index contributed by atoms with van der Waals surface area (Å²) in [5, 5.41) is 0. The van der Waals surface area contributed by atoms with Crippen LogP contribution in [0.2, 0.25) is 0 Å². The van der Waals surface area contributed by atoms with Crippen LogP contribution in [0.25, 0.3) is 0 Å². The van der Waals surface area contributed by atoms with Crippen LogP contribution in [-0.4, -0.2) is 37.9 Å². The smallest absolute Gasteiger partial charge is 0.347 e. The lowest BCUT2D eigenvalue weighted by Crippen LogP contribution is -2.36. The first-order valence-corrected chi connectivity index (χ1v) is 7.13. The molecule has 110 valence electrons. The van der Waals surface area contributed by atoms with Gasteiger partial charge in [-0.25, -0.2) is 9.59 Å². The summed E-state index contributed by atoms with van der Waals surface area (Å²) in [6, 6.07) is 0. The lowest BCUT2D eigenvalue weighted by atomic mass is 10.1. The van der Waals surface area contributed by atoms with Crippen molar-refractivity contribution in [2.24, 2.45) is 5.92 Å². The molecule has 0 unspecified atom stereocenters. The number of esters is 2. The minimum Gasteiger partial charge on any atom is -0.464 e. The van der Waals surface area contributed by atoms with E-state index in [9.17, 15) is 9.59 Å². The lowest BCUT2D eigenvalue weighted by Gasteiger charge is -2.16. The summed E-state index contributed by atoms with van der Waals surface area (Å²) >= 11 is 0. The summed E-state index contributed by atoms with van der Waals surface area (Å²) in [6.07, 6.45) is 4.61. The Hall–Kier alpha value is -1.10. The molecule has 0 aromatic carbocycles. The lowest BCUT2D eigenvalue weighted by molar-refractivity contribution is -0.173. The molecule has 0 N–H and O–H groups in total. The van der Waals surface area contributed by atoms with E-state index in [0.29, 0.717) is 12.5 Å². The maximum atomic E-state index is 11.6. The average Bonchev–Trinajstić information content (AvgIpc) is 2.88. The van der Waals surface area contributed by atoms with Crippen molar-refractivity contribution in [1.82, 2.24) is 0 Å². The van der Waals surface area contributed by atoms with Gasteiger partial charge >= 0.3 is 11.9 Å². The summed E-state index contributed by atoms with van der Waals surface area (Å²) in [6.45, 7) is 4.23. The molecule has 0 atom stereocenters. The molecule has 5 nitrogen and oxygen atoms in total. The molecule has 0 bridgehead atoms. The van der Waals surface area contributed by atoms with Gasteiger partial charge < -0.3 is 14.2 Å². The monoisotopic (exact) mass is 272 g/mol. The minimum atomic E-state index is -1.23. The zero-order valence-corrected chi connectivity index (χ0v) is 11.9. The van der Waals surface area contributed by atoms with Crippen LogP contribution in [0.3, 0.4) is 0 Å². The van der Waals surface area contributed by atoms with Crippen molar-refractivity contribution < 1.29 is 23.8 Å². The third kappa shape index (κ3) is 5.59. The standard InChI is InChI=1S/C14H24O5/c1-3-17-13(15)12(14(16)18-4-2)19-10-9-11-7-5-6-8-11/h11-12H,3-10H2,1-2H3. The van der Waals surface area contributed by atoms with Gasteiger partial charge in [0.1, 0.15) is 0 Å². The van der Waals surface area contributed by atoms with E-state index in [4.69, 9.17) is 14.2 Å². The van der Waals surface area contributed by atoms with Gasteiger partial charge in [-0.2, -0.15) is 0 Å². The molecule has 0 heterocycles. The fourth-order valence-corrected chi connectivity index (χ4v) is 2.32. The number of carbonyl (C=O) groups excluding carboxylic acids is 2. The summed E-state index contributed by atoms with van der Waals surface area (Å²) in [5.74, 6) is -0.662. The Labute approximate surface area is 114 Å². The van der Waals surface area contributed by atoms with Crippen molar-refractivity contribution in [3.05, 3.63) is 0 Å². The number of carbonyl (C=O) groups is 2. The molecule has 0 aliphatic heterocycles. The van der Waals surface area contributed by atoms with Crippen LogP contribution in [0.1, 0.15) is 46.0 Å². The topological polar surface area (TPSA) is 61.8 Å². The molecule has 0 saturated heterocycles. The van der Waals surface area contributed by atoms with Crippen molar-refractivity contribution in [2.45, 2.75) is 52.1 Å². The summed E-state index contributed by atoms with van der Waals surface area (Å²) in [7, 11) is 0. The van der Waals surface area contributed by atoms with E-state index in [1.807, 2.05) is 0 Å². The van der Waals surface area contributed by atoms with Crippen LogP contribution in [0.15, 0.2) is 0 Å². The van der Waals surface area contributed by atoms with Crippen LogP contribution in [0.4, 0.5) is 0 Å². The summed E-state index contributed by atoms with van der Waals surface area (Å²) in [4.78, 5) is 23.3. The highest BCUT2D eigenvalue weighted by Gasteiger charge is 2.30. The third-order valence-corrected chi connectivity index (χ3v) is 3.29. The van der Waals surface area contributed by atoms with Gasteiger partial charge in [-0.1, -0.05) is 25.7 Å². The van der Waals surface area contributed by atoms with Crippen LogP contribution in [0.5, 0.6) is 0 Å². The zero-order valence-electron chi connectivity index (χ0n) is 11.9. The molecular formula is C14H24O5. The predicted octanol–water partition coefficient (Wildman–Crippen LogP) is 2.08. The quantitative estimate of drug-likeness (QED) is 0.500. The highest BCUT2D eigenvalue weighted by Crippen LogP contribution is 2.27. The minimum absolute atomic E-state index is 0.223. The van der Waals surface area contributed by atoms with E-state index in [1.54, 1.807) is 13.8 Å². The molecule has 0 amide bonds. The molecule has 0 aromatic rings. The summed E-state index contributed by atoms with van der Waals surface area (Å²) in [5.41, 5.74) is 0. The first kappa shape index (κ1) is 16.0. The van der Waals surface area contributed by atoms with Crippen molar-refractivity contribution in [2.75, 3.05) is 19.8 Å². The number of rotatable bonds is 8. The van der Waals surface area contributed by atoms with E-state index in [1.165, 1.54) is 25.7 Å². The predicted molar refractivity (Wildman–Crippen MR) is 69.6 cm³/mol. The van der Waals surface area contributed by atoms with E-state index in [0.717, 1.165) is 6.42 Å². The third-order valence-electron chi connectivity index (χ3n) is 3.29. The number of hydrogen-bond acceptors (Lipinski definition) is 5. The van der Waals surface area contributed by atoms with Gasteiger partial charge in [-0.3, -0.25) is 0 Å². The van der Waals surface area contributed by atoms with Crippen molar-refractivity contribution in [3.63, 3.8) is 0 Å². The normalized spacial score (nSPS) is 15.7. The van der Waals surface area contributed by atoms with E-state index in [2.05, 4.69) is 0 Å². The largest absolute Gasteiger partial charge is 0.464 e. The van der Waals surface area contributed by atoms with Crippen molar-refractivity contribution in [1.29, 1.82) is 0 Å². The first-order valence-electron chi connectivity index (χ1n) is 7.13. The molecule has 0 spiro atoms. The van der Waals surface area contributed by atoms with Gasteiger partial charge in [-0.05, 0) is 26.2 Å². The van der Waals surface area contributed by atoms with E-state index in [-0.39, 0.29) is 13.2 Å². The second-order valence-electron chi connectivity index (χ2n) is 4.69. The maximum Gasteiger partial charge on any atom is 0.347 e. The highest BCUT2D eigenvalue weighted by molar-refractivity contribution is 5.98. The Morgan fingerprint density at radius 2 is 1.58 bits per heavy atom. The fourth-order valence-electron chi connectivity index (χ4n) is 2.32. The second kappa shape index (κ2) is 8.91. The van der Waals surface area contributed by atoms with Crippen LogP contribution in [0, 0.1) is 5.92 Å². The molecule has 1 fully saturated rings. The van der Waals surface area contributed by atoms with Gasteiger partial charge in [0, 0.05) is 6.61 Å². The number of hydrogen-bond donors (Lipinski definition) is 0. The molecular weight excluding hydrogens is 248 g/mol. The fraction of sp³-hybridized carbons (Fsp3) is 0.857. The number of ether oxygens (including phenoxy) is 3. The second-order valence-corrected chi connectivity index (χ2v) is 4.69. The van der Waals surface area contributed by atoms with Crippen molar-refractivity contribution in [3.8, 4) is 0 Å². The van der Waals surface area contributed by atoms with E-state index >= 15 is 0 Å².